The van der Waals surface area contributed by atoms with Crippen LogP contribution in [-0.2, 0) is 0 Å². The number of hydrogen-bond donors (Lipinski definition) is 1. The third kappa shape index (κ3) is 2.13. The van der Waals surface area contributed by atoms with Crippen molar-refractivity contribution in [2.75, 3.05) is 23.7 Å². The van der Waals surface area contributed by atoms with E-state index in [0.29, 0.717) is 5.82 Å². The lowest BCUT2D eigenvalue weighted by Gasteiger charge is -2.20. The van der Waals surface area contributed by atoms with Gasteiger partial charge in [-0.3, -0.25) is 10.1 Å². The first-order valence-electron chi connectivity index (χ1n) is 5.40. The predicted octanol–water partition coefficient (Wildman–Crippen LogP) is 1.20. The molecule has 1 aliphatic heterocycles. The highest BCUT2D eigenvalue weighted by molar-refractivity contribution is 5.68. The summed E-state index contributed by atoms with van der Waals surface area (Å²) in [7, 11) is 0. The molecule has 1 aliphatic rings. The molecule has 0 aliphatic carbocycles. The van der Waals surface area contributed by atoms with Gasteiger partial charge in [-0.2, -0.15) is 0 Å². The Labute approximate surface area is 98.8 Å². The zero-order valence-corrected chi connectivity index (χ0v) is 9.88. The Morgan fingerprint density at radius 1 is 1.53 bits per heavy atom. The smallest absolute Gasteiger partial charge is 0.353 e. The van der Waals surface area contributed by atoms with Gasteiger partial charge in [0.2, 0.25) is 11.6 Å². The number of anilines is 2. The van der Waals surface area contributed by atoms with Crippen LogP contribution >= 0.6 is 0 Å². The Hall–Kier alpha value is -1.92. The molecule has 0 saturated carbocycles. The Balaban J connectivity index is 2.40. The number of nitrogens with two attached hydrogens (primary N) is 1. The van der Waals surface area contributed by atoms with E-state index in [1.54, 1.807) is 0 Å². The summed E-state index contributed by atoms with van der Waals surface area (Å²) in [4.78, 5) is 20.0. The van der Waals surface area contributed by atoms with Crippen molar-refractivity contribution < 1.29 is 4.92 Å². The summed E-state index contributed by atoms with van der Waals surface area (Å²) in [5.41, 5.74) is 5.49. The highest BCUT2D eigenvalue weighted by Crippen LogP contribution is 2.37. The Morgan fingerprint density at radius 3 is 2.76 bits per heavy atom. The number of hydrogen-bond acceptors (Lipinski definition) is 6. The topological polar surface area (TPSA) is 98.2 Å². The molecule has 0 spiro atoms. The minimum absolute atomic E-state index is 0.0790. The quantitative estimate of drug-likeness (QED) is 0.613. The zero-order valence-electron chi connectivity index (χ0n) is 9.88. The van der Waals surface area contributed by atoms with Crippen LogP contribution in [0, 0.1) is 15.5 Å². The summed E-state index contributed by atoms with van der Waals surface area (Å²) < 4.78 is 0. The third-order valence-electron chi connectivity index (χ3n) is 2.99. The fourth-order valence-electron chi connectivity index (χ4n) is 2.08. The molecule has 0 radical (unpaired) electrons. The molecule has 92 valence electrons. The second kappa shape index (κ2) is 3.83. The van der Waals surface area contributed by atoms with Gasteiger partial charge in [0.05, 0.1) is 4.92 Å². The summed E-state index contributed by atoms with van der Waals surface area (Å²) in [6.07, 6.45) is 2.25. The van der Waals surface area contributed by atoms with Gasteiger partial charge in [0.15, 0.2) is 0 Å². The average molecular weight is 237 g/mol. The third-order valence-corrected chi connectivity index (χ3v) is 2.99. The van der Waals surface area contributed by atoms with Crippen molar-refractivity contribution in [3.63, 3.8) is 0 Å². The molecule has 1 fully saturated rings. The van der Waals surface area contributed by atoms with E-state index in [1.165, 1.54) is 6.33 Å². The van der Waals surface area contributed by atoms with Gasteiger partial charge in [-0.15, -0.1) is 0 Å². The van der Waals surface area contributed by atoms with Crippen molar-refractivity contribution in [2.24, 2.45) is 5.41 Å². The van der Waals surface area contributed by atoms with Crippen LogP contribution in [0.2, 0.25) is 0 Å². The van der Waals surface area contributed by atoms with E-state index in [9.17, 15) is 10.1 Å². The molecule has 0 bridgehead atoms. The molecule has 1 saturated heterocycles. The molecule has 2 rings (SSSR count). The maximum atomic E-state index is 11.0. The Morgan fingerprint density at radius 2 is 2.24 bits per heavy atom. The molecule has 2 N–H and O–H groups in total. The van der Waals surface area contributed by atoms with Crippen molar-refractivity contribution in [1.29, 1.82) is 0 Å². The fraction of sp³-hybridized carbons (Fsp3) is 0.600. The van der Waals surface area contributed by atoms with Gasteiger partial charge in [0.25, 0.3) is 0 Å². The summed E-state index contributed by atoms with van der Waals surface area (Å²) in [6, 6.07) is 0. The van der Waals surface area contributed by atoms with Gasteiger partial charge >= 0.3 is 5.69 Å². The van der Waals surface area contributed by atoms with Crippen molar-refractivity contribution in [3.05, 3.63) is 16.4 Å². The molecule has 1 aromatic heterocycles. The van der Waals surface area contributed by atoms with Gasteiger partial charge in [-0.25, -0.2) is 9.97 Å². The predicted molar refractivity (Wildman–Crippen MR) is 63.7 cm³/mol. The number of aromatic nitrogens is 2. The van der Waals surface area contributed by atoms with Crippen LogP contribution < -0.4 is 10.6 Å². The number of rotatable bonds is 2. The monoisotopic (exact) mass is 237 g/mol. The number of nitrogens with zero attached hydrogens (tertiary/aromatic N) is 4. The van der Waals surface area contributed by atoms with E-state index in [-0.39, 0.29) is 16.9 Å². The van der Waals surface area contributed by atoms with Crippen molar-refractivity contribution in [1.82, 2.24) is 9.97 Å². The molecular weight excluding hydrogens is 222 g/mol. The van der Waals surface area contributed by atoms with E-state index in [4.69, 9.17) is 5.73 Å². The van der Waals surface area contributed by atoms with Crippen LogP contribution in [0.5, 0.6) is 0 Å². The molecule has 7 nitrogen and oxygen atoms in total. The minimum atomic E-state index is -0.518. The van der Waals surface area contributed by atoms with E-state index in [1.807, 2.05) is 4.90 Å². The standard InChI is InChI=1S/C10H15N5O2/c1-10(2)3-4-14(5-10)9-7(15(16)17)8(11)12-6-13-9/h6H,3-5H2,1-2H3,(H2,11,12,13). The highest BCUT2D eigenvalue weighted by atomic mass is 16.6. The number of nitrogen functional groups attached to an aromatic ring is 1. The lowest BCUT2D eigenvalue weighted by molar-refractivity contribution is -0.383. The van der Waals surface area contributed by atoms with Gasteiger partial charge in [0, 0.05) is 13.1 Å². The average Bonchev–Trinajstić information content (AvgIpc) is 2.57. The summed E-state index contributed by atoms with van der Waals surface area (Å²) >= 11 is 0. The maximum Gasteiger partial charge on any atom is 0.353 e. The zero-order chi connectivity index (χ0) is 12.6. The molecule has 0 atom stereocenters. The molecular formula is C10H15N5O2. The first-order valence-corrected chi connectivity index (χ1v) is 5.40. The molecule has 0 amide bonds. The van der Waals surface area contributed by atoms with Crippen LogP contribution in [-0.4, -0.2) is 28.0 Å². The lowest BCUT2D eigenvalue weighted by atomic mass is 9.93. The fourth-order valence-corrected chi connectivity index (χ4v) is 2.08. The van der Waals surface area contributed by atoms with E-state index >= 15 is 0 Å². The second-order valence-corrected chi connectivity index (χ2v) is 5.02. The van der Waals surface area contributed by atoms with Gasteiger partial charge in [-0.05, 0) is 11.8 Å². The van der Waals surface area contributed by atoms with Crippen LogP contribution in [0.15, 0.2) is 6.33 Å². The number of nitro groups is 1. The molecule has 17 heavy (non-hydrogen) atoms. The summed E-state index contributed by atoms with van der Waals surface area (Å²) in [5.74, 6) is 0.248. The van der Waals surface area contributed by atoms with E-state index in [2.05, 4.69) is 23.8 Å². The first kappa shape index (κ1) is 11.6. The first-order chi connectivity index (χ1) is 7.91. The van der Waals surface area contributed by atoms with Gasteiger partial charge in [-0.1, -0.05) is 13.8 Å². The Bertz CT molecular complexity index is 460. The molecule has 7 heteroatoms. The molecule has 0 aromatic carbocycles. The van der Waals surface area contributed by atoms with Crippen LogP contribution in [0.25, 0.3) is 0 Å². The molecule has 0 unspecified atom stereocenters. The van der Waals surface area contributed by atoms with Crippen LogP contribution in [0.4, 0.5) is 17.3 Å². The molecule has 1 aromatic rings. The van der Waals surface area contributed by atoms with Gasteiger partial charge < -0.3 is 10.6 Å². The minimum Gasteiger partial charge on any atom is -0.378 e. The normalized spacial score (nSPS) is 18.4. The Kier molecular flexibility index (Phi) is 2.60. The SMILES string of the molecule is CC1(C)CCN(c2ncnc(N)c2[N+](=O)[O-])C1. The van der Waals surface area contributed by atoms with Crippen LogP contribution in [0.1, 0.15) is 20.3 Å². The van der Waals surface area contributed by atoms with E-state index < -0.39 is 4.92 Å². The summed E-state index contributed by atoms with van der Waals surface area (Å²) in [6.45, 7) is 5.75. The van der Waals surface area contributed by atoms with Crippen molar-refractivity contribution >= 4 is 17.3 Å². The molecule has 2 heterocycles. The lowest BCUT2D eigenvalue weighted by Crippen LogP contribution is -2.25. The highest BCUT2D eigenvalue weighted by Gasteiger charge is 2.34. The maximum absolute atomic E-state index is 11.0. The van der Waals surface area contributed by atoms with Gasteiger partial charge in [0.1, 0.15) is 6.33 Å². The summed E-state index contributed by atoms with van der Waals surface area (Å²) in [5, 5.41) is 11.0. The second-order valence-electron chi connectivity index (χ2n) is 5.02. The van der Waals surface area contributed by atoms with Crippen LogP contribution in [0.3, 0.4) is 0 Å². The van der Waals surface area contributed by atoms with Crippen molar-refractivity contribution in [3.8, 4) is 0 Å². The van der Waals surface area contributed by atoms with Crippen molar-refractivity contribution in [2.45, 2.75) is 20.3 Å². The van der Waals surface area contributed by atoms with E-state index in [0.717, 1.165) is 19.5 Å². The largest absolute Gasteiger partial charge is 0.378 e.